The molecule has 4 heteroatoms. The predicted molar refractivity (Wildman–Crippen MR) is 239 cm³/mol. The third-order valence-corrected chi connectivity index (χ3v) is 10.8. The first-order valence-corrected chi connectivity index (χ1v) is 23.9. The lowest BCUT2D eigenvalue weighted by molar-refractivity contribution is -0.123. The number of aliphatic hydroxyl groups is 2. The zero-order chi connectivity index (χ0) is 39.3. The topological polar surface area (TPSA) is 69.6 Å². The maximum Gasteiger partial charge on any atom is 0.220 e. The summed E-state index contributed by atoms with van der Waals surface area (Å²) in [7, 11) is 0. The number of allylic oxidation sites excluding steroid dienone is 7. The summed E-state index contributed by atoms with van der Waals surface area (Å²) in [5.74, 6) is -0.0777. The summed E-state index contributed by atoms with van der Waals surface area (Å²) in [6, 6.07) is -0.642. The molecular formula is C50H93NO3. The molecule has 0 aromatic rings. The van der Waals surface area contributed by atoms with Gasteiger partial charge in [0.1, 0.15) is 0 Å². The molecule has 54 heavy (non-hydrogen) atoms. The fraction of sp³-hybridized carbons (Fsp3) is 0.820. The van der Waals surface area contributed by atoms with Crippen LogP contribution in [0.4, 0.5) is 0 Å². The number of aliphatic hydroxyl groups excluding tert-OH is 2. The fourth-order valence-corrected chi connectivity index (χ4v) is 7.11. The van der Waals surface area contributed by atoms with Crippen molar-refractivity contribution in [3.8, 4) is 0 Å². The van der Waals surface area contributed by atoms with Gasteiger partial charge >= 0.3 is 0 Å². The molecule has 0 aromatic heterocycles. The van der Waals surface area contributed by atoms with E-state index in [-0.39, 0.29) is 12.5 Å². The SMILES string of the molecule is CCCCCCC/C=C\C/C=C\CCCCCCCCCCCC(=O)NC(CO)C(O)/C=C/CC/C=C/CCCCCCCCCCCCCCCCC. The Morgan fingerprint density at radius 1 is 0.444 bits per heavy atom. The third-order valence-electron chi connectivity index (χ3n) is 10.8. The van der Waals surface area contributed by atoms with Crippen molar-refractivity contribution in [2.75, 3.05) is 6.61 Å². The van der Waals surface area contributed by atoms with Gasteiger partial charge in [-0.15, -0.1) is 0 Å². The Kier molecular flexibility index (Phi) is 44.3. The molecule has 0 saturated heterocycles. The van der Waals surface area contributed by atoms with Crippen LogP contribution in [-0.4, -0.2) is 34.9 Å². The lowest BCUT2D eigenvalue weighted by atomic mass is 10.0. The molecule has 2 unspecified atom stereocenters. The lowest BCUT2D eigenvalue weighted by Gasteiger charge is -2.19. The molecule has 0 fully saturated rings. The van der Waals surface area contributed by atoms with Gasteiger partial charge in [-0.2, -0.15) is 0 Å². The van der Waals surface area contributed by atoms with Gasteiger partial charge in [-0.05, 0) is 64.2 Å². The molecule has 0 aliphatic heterocycles. The minimum atomic E-state index is -0.865. The summed E-state index contributed by atoms with van der Waals surface area (Å²) in [5, 5.41) is 23.0. The highest BCUT2D eigenvalue weighted by molar-refractivity contribution is 5.76. The van der Waals surface area contributed by atoms with E-state index in [1.807, 2.05) is 6.08 Å². The largest absolute Gasteiger partial charge is 0.394 e. The second-order valence-electron chi connectivity index (χ2n) is 16.2. The van der Waals surface area contributed by atoms with Crippen LogP contribution in [0.25, 0.3) is 0 Å². The first-order valence-electron chi connectivity index (χ1n) is 23.9. The summed E-state index contributed by atoms with van der Waals surface area (Å²) >= 11 is 0. The Morgan fingerprint density at radius 3 is 1.19 bits per heavy atom. The van der Waals surface area contributed by atoms with Crippen LogP contribution < -0.4 is 5.32 Å². The van der Waals surface area contributed by atoms with Gasteiger partial charge in [0.25, 0.3) is 0 Å². The van der Waals surface area contributed by atoms with Gasteiger partial charge in [0.15, 0.2) is 0 Å². The Balaban J connectivity index is 3.60. The second-order valence-corrected chi connectivity index (χ2v) is 16.2. The number of nitrogens with one attached hydrogen (secondary N) is 1. The van der Waals surface area contributed by atoms with Crippen molar-refractivity contribution in [2.45, 2.75) is 257 Å². The van der Waals surface area contributed by atoms with Gasteiger partial charge in [-0.25, -0.2) is 0 Å². The average molecular weight is 756 g/mol. The summed E-state index contributed by atoms with van der Waals surface area (Å²) in [6.45, 7) is 4.30. The molecule has 0 rings (SSSR count). The number of amides is 1. The van der Waals surface area contributed by atoms with E-state index < -0.39 is 12.1 Å². The smallest absolute Gasteiger partial charge is 0.220 e. The molecule has 3 N–H and O–H groups in total. The number of carbonyl (C=O) groups is 1. The van der Waals surface area contributed by atoms with Gasteiger partial charge < -0.3 is 15.5 Å². The van der Waals surface area contributed by atoms with E-state index in [9.17, 15) is 15.0 Å². The minimum absolute atomic E-state index is 0.0777. The van der Waals surface area contributed by atoms with E-state index in [1.165, 1.54) is 186 Å². The highest BCUT2D eigenvalue weighted by Gasteiger charge is 2.17. The maximum atomic E-state index is 12.4. The summed E-state index contributed by atoms with van der Waals surface area (Å²) < 4.78 is 0. The van der Waals surface area contributed by atoms with Crippen molar-refractivity contribution in [3.63, 3.8) is 0 Å². The fourth-order valence-electron chi connectivity index (χ4n) is 7.11. The molecule has 2 atom stereocenters. The van der Waals surface area contributed by atoms with Gasteiger partial charge in [0, 0.05) is 6.42 Å². The normalized spacial score (nSPS) is 13.3. The molecular weight excluding hydrogens is 663 g/mol. The monoisotopic (exact) mass is 756 g/mol. The van der Waals surface area contributed by atoms with Crippen LogP contribution in [0.1, 0.15) is 245 Å². The predicted octanol–water partition coefficient (Wildman–Crippen LogP) is 15.1. The number of unbranched alkanes of at least 4 members (excludes halogenated alkanes) is 30. The molecule has 0 saturated carbocycles. The van der Waals surface area contributed by atoms with Crippen LogP contribution in [-0.2, 0) is 4.79 Å². The highest BCUT2D eigenvalue weighted by Crippen LogP contribution is 2.15. The summed E-state index contributed by atoms with van der Waals surface area (Å²) in [4.78, 5) is 12.4. The molecule has 1 amide bonds. The van der Waals surface area contributed by atoms with E-state index >= 15 is 0 Å². The zero-order valence-electron chi connectivity index (χ0n) is 36.2. The molecule has 0 aliphatic carbocycles. The first kappa shape index (κ1) is 52.3. The van der Waals surface area contributed by atoms with Crippen LogP contribution in [0.2, 0.25) is 0 Å². The van der Waals surface area contributed by atoms with Crippen molar-refractivity contribution in [3.05, 3.63) is 48.6 Å². The number of rotatable bonds is 43. The Morgan fingerprint density at radius 2 is 0.778 bits per heavy atom. The van der Waals surface area contributed by atoms with Crippen molar-refractivity contribution in [1.82, 2.24) is 5.32 Å². The summed E-state index contributed by atoms with van der Waals surface area (Å²) in [6.07, 6.45) is 62.3. The minimum Gasteiger partial charge on any atom is -0.394 e. The number of carbonyl (C=O) groups excluding carboxylic acids is 1. The third kappa shape index (κ3) is 41.5. The van der Waals surface area contributed by atoms with Crippen LogP contribution in [0.15, 0.2) is 48.6 Å². The quantitative estimate of drug-likeness (QED) is 0.0429. The second kappa shape index (κ2) is 45.7. The van der Waals surface area contributed by atoms with Crippen LogP contribution in [0.5, 0.6) is 0 Å². The first-order chi connectivity index (χ1) is 26.7. The molecule has 4 nitrogen and oxygen atoms in total. The number of hydrogen-bond acceptors (Lipinski definition) is 3. The molecule has 0 aliphatic rings. The van der Waals surface area contributed by atoms with Crippen molar-refractivity contribution >= 4 is 5.91 Å². The average Bonchev–Trinajstić information content (AvgIpc) is 3.18. The van der Waals surface area contributed by atoms with E-state index in [1.54, 1.807) is 6.08 Å². The highest BCUT2D eigenvalue weighted by atomic mass is 16.3. The number of hydrogen-bond donors (Lipinski definition) is 3. The van der Waals surface area contributed by atoms with E-state index in [4.69, 9.17) is 0 Å². The van der Waals surface area contributed by atoms with Gasteiger partial charge in [0.05, 0.1) is 18.8 Å². The van der Waals surface area contributed by atoms with Gasteiger partial charge in [-0.1, -0.05) is 223 Å². The molecule has 0 aromatic carbocycles. The van der Waals surface area contributed by atoms with Gasteiger partial charge in [-0.3, -0.25) is 4.79 Å². The van der Waals surface area contributed by atoms with E-state index in [2.05, 4.69) is 55.6 Å². The maximum absolute atomic E-state index is 12.4. The van der Waals surface area contributed by atoms with Crippen LogP contribution >= 0.6 is 0 Å². The summed E-state index contributed by atoms with van der Waals surface area (Å²) in [5.41, 5.74) is 0. The van der Waals surface area contributed by atoms with E-state index in [0.29, 0.717) is 6.42 Å². The van der Waals surface area contributed by atoms with Crippen molar-refractivity contribution in [1.29, 1.82) is 0 Å². The Labute approximate surface area is 337 Å². The van der Waals surface area contributed by atoms with Gasteiger partial charge in [0.2, 0.25) is 5.91 Å². The standard InChI is InChI=1S/C50H93NO3/c1-3-5-7-9-11-13-15-17-19-21-23-25-27-29-31-33-35-37-39-41-43-45-49(53)48(47-52)51-50(54)46-44-42-40-38-36-34-32-30-28-26-24-22-20-18-16-14-12-10-8-6-4-2/h16,18,22,24,35,37,43,45,48-49,52-53H,3-15,17,19-21,23,25-34,36,38-42,44,46-47H2,1-2H3,(H,51,54)/b18-16-,24-22-,37-35+,45-43+. The van der Waals surface area contributed by atoms with Crippen LogP contribution in [0.3, 0.4) is 0 Å². The van der Waals surface area contributed by atoms with Crippen LogP contribution in [0, 0.1) is 0 Å². The molecule has 0 spiro atoms. The van der Waals surface area contributed by atoms with E-state index in [0.717, 1.165) is 38.5 Å². The molecule has 316 valence electrons. The van der Waals surface area contributed by atoms with Crippen molar-refractivity contribution < 1.29 is 15.0 Å². The Hall–Kier alpha value is -1.65. The molecule has 0 bridgehead atoms. The Bertz CT molecular complexity index is 862. The van der Waals surface area contributed by atoms with Crippen molar-refractivity contribution in [2.24, 2.45) is 0 Å². The molecule has 0 heterocycles. The zero-order valence-corrected chi connectivity index (χ0v) is 36.2. The lowest BCUT2D eigenvalue weighted by Crippen LogP contribution is -2.45. The molecule has 0 radical (unpaired) electrons.